The molecule has 1 fully saturated rings. The van der Waals surface area contributed by atoms with Crippen molar-refractivity contribution in [2.75, 3.05) is 26.7 Å². The Morgan fingerprint density at radius 3 is 2.24 bits per heavy atom. The van der Waals surface area contributed by atoms with Crippen LogP contribution in [0.15, 0.2) is 97.5 Å². The number of hydrogen-bond acceptors (Lipinski definition) is 10. The molecule has 0 saturated carbocycles. The van der Waals surface area contributed by atoms with Crippen LogP contribution in [-0.4, -0.2) is 110 Å². The molecule has 1 aliphatic rings. The van der Waals surface area contributed by atoms with E-state index < -0.39 is 41.6 Å². The molecule has 2 aromatic heterocycles. The number of hydrogen-bond donors (Lipinski definition) is 4. The molecule has 0 aliphatic carbocycles. The number of carbonyl (C=O) groups is 4. The average Bonchev–Trinajstić information content (AvgIpc) is 3.58. The number of rotatable bonds is 18. The number of alkyl carbamates (subject to hydrolysis) is 1. The normalized spacial score (nSPS) is 15.6. The molecule has 0 spiro atoms. The summed E-state index contributed by atoms with van der Waals surface area (Å²) in [6.07, 6.45) is 3.86. The van der Waals surface area contributed by atoms with Gasteiger partial charge in [-0.05, 0) is 52.6 Å². The number of aliphatic hydroxyl groups excluding tert-OH is 1. The first-order chi connectivity index (χ1) is 28.3. The summed E-state index contributed by atoms with van der Waals surface area (Å²) in [7, 11) is 1.23. The number of ether oxygens (including phenoxy) is 1. The maximum Gasteiger partial charge on any atom is 0.407 e. The minimum absolute atomic E-state index is 0.106. The lowest BCUT2D eigenvalue weighted by Gasteiger charge is -2.36. The van der Waals surface area contributed by atoms with Crippen LogP contribution in [0.25, 0.3) is 11.3 Å². The Morgan fingerprint density at radius 2 is 1.61 bits per heavy atom. The van der Waals surface area contributed by atoms with Gasteiger partial charge in [0.1, 0.15) is 12.1 Å². The van der Waals surface area contributed by atoms with Gasteiger partial charge in [0.05, 0.1) is 31.1 Å². The zero-order chi connectivity index (χ0) is 42.5. The number of nitrogens with zero attached hydrogens (tertiary/aromatic N) is 6. The zero-order valence-corrected chi connectivity index (χ0v) is 34.7. The van der Waals surface area contributed by atoms with Gasteiger partial charge in [-0.15, -0.1) is 0 Å². The molecule has 5 atom stereocenters. The van der Waals surface area contributed by atoms with E-state index in [2.05, 4.69) is 31.2 Å². The summed E-state index contributed by atoms with van der Waals surface area (Å²) in [5, 5.41) is 27.3. The fourth-order valence-electron chi connectivity index (χ4n) is 7.10. The van der Waals surface area contributed by atoms with Gasteiger partial charge in [-0.1, -0.05) is 102 Å². The molecule has 15 heteroatoms. The molecule has 0 bridgehead atoms. The van der Waals surface area contributed by atoms with Gasteiger partial charge in [-0.3, -0.25) is 20.0 Å². The summed E-state index contributed by atoms with van der Waals surface area (Å²) in [6.45, 7) is 10.6. The van der Waals surface area contributed by atoms with Crippen molar-refractivity contribution in [2.24, 2.45) is 11.3 Å². The lowest BCUT2D eigenvalue weighted by Crippen LogP contribution is -2.60. The Balaban J connectivity index is 1.41. The molecule has 5 unspecified atom stereocenters. The lowest BCUT2D eigenvalue weighted by molar-refractivity contribution is -0.132. The maximum atomic E-state index is 14.5. The molecular formula is C44H57N9O6. The molecular weight excluding hydrogens is 751 g/mol. The highest BCUT2D eigenvalue weighted by Gasteiger charge is 2.41. The van der Waals surface area contributed by atoms with Crippen molar-refractivity contribution in [2.45, 2.75) is 84.8 Å². The van der Waals surface area contributed by atoms with Gasteiger partial charge in [0.2, 0.25) is 5.91 Å². The van der Waals surface area contributed by atoms with Crippen molar-refractivity contribution in [3.63, 3.8) is 0 Å². The highest BCUT2D eigenvalue weighted by Crippen LogP contribution is 2.24. The Hall–Kier alpha value is -5.93. The minimum Gasteiger partial charge on any atom is -0.453 e. The number of aliphatic hydroxyl groups is 1. The summed E-state index contributed by atoms with van der Waals surface area (Å²) >= 11 is 0. The summed E-state index contributed by atoms with van der Waals surface area (Å²) in [4.78, 5) is 62.4. The molecule has 314 valence electrons. The number of hydrazine groups is 1. The SMILES string of the molecule is CCC(C)C(C(=O)NC(Cc1ccccc1)C(O)CN(Cc1ccc(-c2ccccn2)cc1)NC(=O)C(NC(=O)OC)C(C)(C)C)N1CCN(Cc2ccnnc2)C1=O. The van der Waals surface area contributed by atoms with Gasteiger partial charge in [-0.2, -0.15) is 10.2 Å². The van der Waals surface area contributed by atoms with Gasteiger partial charge in [0, 0.05) is 50.7 Å². The van der Waals surface area contributed by atoms with Gasteiger partial charge < -0.3 is 30.3 Å². The predicted molar refractivity (Wildman–Crippen MR) is 223 cm³/mol. The third-order valence-corrected chi connectivity index (χ3v) is 10.6. The van der Waals surface area contributed by atoms with Crippen LogP contribution in [0.2, 0.25) is 0 Å². The van der Waals surface area contributed by atoms with E-state index in [-0.39, 0.29) is 37.4 Å². The van der Waals surface area contributed by atoms with Crippen LogP contribution in [0.4, 0.5) is 9.59 Å². The number of carbonyl (C=O) groups excluding carboxylic acids is 4. The summed E-state index contributed by atoms with van der Waals surface area (Å²) in [6, 6.07) is 21.8. The van der Waals surface area contributed by atoms with Crippen LogP contribution in [0, 0.1) is 11.3 Å². The first-order valence-corrected chi connectivity index (χ1v) is 20.0. The molecule has 1 aliphatic heterocycles. The fraction of sp³-hybridized carbons (Fsp3) is 0.432. The van der Waals surface area contributed by atoms with E-state index in [1.807, 2.05) is 107 Å². The maximum absolute atomic E-state index is 14.5. The fourth-order valence-corrected chi connectivity index (χ4v) is 7.10. The molecule has 3 heterocycles. The number of amides is 5. The van der Waals surface area contributed by atoms with E-state index >= 15 is 0 Å². The van der Waals surface area contributed by atoms with Gasteiger partial charge in [0.25, 0.3) is 5.91 Å². The molecule has 5 amide bonds. The largest absolute Gasteiger partial charge is 0.453 e. The number of urea groups is 1. The van der Waals surface area contributed by atoms with Crippen LogP contribution in [0.1, 0.15) is 57.7 Å². The summed E-state index contributed by atoms with van der Waals surface area (Å²) in [5.41, 5.74) is 6.50. The van der Waals surface area contributed by atoms with E-state index in [1.165, 1.54) is 7.11 Å². The molecule has 5 rings (SSSR count). The molecule has 2 aromatic carbocycles. The van der Waals surface area contributed by atoms with Crippen molar-refractivity contribution in [3.8, 4) is 11.3 Å². The van der Waals surface area contributed by atoms with Crippen LogP contribution in [0.3, 0.4) is 0 Å². The van der Waals surface area contributed by atoms with Crippen molar-refractivity contribution in [1.82, 2.24) is 46.0 Å². The van der Waals surface area contributed by atoms with Gasteiger partial charge in [0.15, 0.2) is 0 Å². The Morgan fingerprint density at radius 1 is 0.881 bits per heavy atom. The average molecular weight is 808 g/mol. The van der Waals surface area contributed by atoms with E-state index in [4.69, 9.17) is 4.74 Å². The van der Waals surface area contributed by atoms with Crippen molar-refractivity contribution in [1.29, 1.82) is 0 Å². The Labute approximate surface area is 346 Å². The van der Waals surface area contributed by atoms with Gasteiger partial charge in [-0.25, -0.2) is 14.6 Å². The third-order valence-electron chi connectivity index (χ3n) is 10.6. The number of aromatic nitrogens is 3. The number of pyridine rings is 1. The van der Waals surface area contributed by atoms with E-state index in [9.17, 15) is 24.3 Å². The minimum atomic E-state index is -1.21. The topological polar surface area (TPSA) is 182 Å². The molecule has 59 heavy (non-hydrogen) atoms. The van der Waals surface area contributed by atoms with E-state index in [0.717, 1.165) is 27.9 Å². The monoisotopic (exact) mass is 807 g/mol. The lowest BCUT2D eigenvalue weighted by atomic mass is 9.86. The Kier molecular flexibility index (Phi) is 15.5. The van der Waals surface area contributed by atoms with Crippen LogP contribution < -0.4 is 16.1 Å². The molecule has 0 radical (unpaired) electrons. The molecule has 15 nitrogen and oxygen atoms in total. The second kappa shape index (κ2) is 20.7. The first-order valence-electron chi connectivity index (χ1n) is 20.0. The highest BCUT2D eigenvalue weighted by molar-refractivity contribution is 5.88. The Bertz CT molecular complexity index is 1970. The third kappa shape index (κ3) is 12.3. The van der Waals surface area contributed by atoms with Gasteiger partial charge >= 0.3 is 12.1 Å². The van der Waals surface area contributed by atoms with Crippen LogP contribution in [-0.2, 0) is 33.8 Å². The van der Waals surface area contributed by atoms with Crippen molar-refractivity contribution >= 4 is 23.9 Å². The predicted octanol–water partition coefficient (Wildman–Crippen LogP) is 4.58. The first kappa shape index (κ1) is 44.2. The molecule has 1 saturated heterocycles. The summed E-state index contributed by atoms with van der Waals surface area (Å²) < 4.78 is 4.82. The molecule has 4 N–H and O–H groups in total. The summed E-state index contributed by atoms with van der Waals surface area (Å²) in [5.74, 6) is -1.09. The van der Waals surface area contributed by atoms with Crippen LogP contribution in [0.5, 0.6) is 0 Å². The smallest absolute Gasteiger partial charge is 0.407 e. The second-order valence-corrected chi connectivity index (χ2v) is 16.1. The second-order valence-electron chi connectivity index (χ2n) is 16.1. The standard InChI is InChI=1S/C44H57N9O6/c1-7-30(2)38(53-24-23-51(43(53)58)27-33-20-22-46-47-26-33)40(55)48-36(25-31-13-9-8-10-14-31)37(54)29-52(50-41(56)39(44(3,4)5)49-42(57)59-6)28-32-16-18-34(19-17-32)35-15-11-12-21-45-35/h8-22,26,30,36-39,54H,7,23-25,27-29H2,1-6H3,(H,48,55)(H,49,57)(H,50,56). The number of methoxy groups -OCH3 is 1. The molecule has 4 aromatic rings. The van der Waals surface area contributed by atoms with Crippen molar-refractivity contribution in [3.05, 3.63) is 114 Å². The quantitative estimate of drug-likeness (QED) is 0.104. The highest BCUT2D eigenvalue weighted by atomic mass is 16.5. The van der Waals surface area contributed by atoms with E-state index in [1.54, 1.807) is 39.5 Å². The van der Waals surface area contributed by atoms with Crippen molar-refractivity contribution < 1.29 is 29.0 Å². The van der Waals surface area contributed by atoms with Crippen LogP contribution >= 0.6 is 0 Å². The zero-order valence-electron chi connectivity index (χ0n) is 34.7. The number of nitrogens with one attached hydrogen (secondary N) is 3. The number of benzene rings is 2. The van der Waals surface area contributed by atoms with E-state index in [0.29, 0.717) is 26.1 Å².